The van der Waals surface area contributed by atoms with E-state index in [9.17, 15) is 13.2 Å². The quantitative estimate of drug-likeness (QED) is 0.607. The number of alkyl halides is 3. The van der Waals surface area contributed by atoms with Gasteiger partial charge in [0.1, 0.15) is 0 Å². The molecule has 3 aromatic heterocycles. The number of aryl methyl sites for hydroxylation is 1. The molecule has 158 valence electrons. The molecule has 2 atom stereocenters. The van der Waals surface area contributed by atoms with E-state index in [1.807, 2.05) is 30.9 Å². The molecule has 0 saturated carbocycles. The molecule has 0 amide bonds. The molecular weight excluding hydrogens is 381 g/mol. The van der Waals surface area contributed by atoms with E-state index in [1.54, 1.807) is 20.0 Å². The molecular formula is C20H27F3N6. The minimum absolute atomic E-state index is 0.0195. The fourth-order valence-corrected chi connectivity index (χ4v) is 3.58. The number of nitrogens with zero attached hydrogens (tertiary/aromatic N) is 5. The van der Waals surface area contributed by atoms with Crippen LogP contribution in [0.1, 0.15) is 73.5 Å². The molecule has 2 unspecified atom stereocenters. The highest BCUT2D eigenvalue weighted by Gasteiger charge is 2.37. The number of rotatable bonds is 7. The van der Waals surface area contributed by atoms with Crippen LogP contribution in [0.15, 0.2) is 24.8 Å². The highest BCUT2D eigenvalue weighted by Crippen LogP contribution is 2.34. The van der Waals surface area contributed by atoms with Crippen molar-refractivity contribution in [1.82, 2.24) is 29.8 Å². The summed E-state index contributed by atoms with van der Waals surface area (Å²) in [4.78, 5) is 0. The van der Waals surface area contributed by atoms with E-state index in [0.29, 0.717) is 13.1 Å². The number of hydrogen-bond acceptors (Lipinski definition) is 3. The first kappa shape index (κ1) is 21.1. The Hall–Kier alpha value is -2.58. The number of aromatic amines is 1. The van der Waals surface area contributed by atoms with E-state index in [1.165, 1.54) is 10.9 Å². The normalized spacial score (nSPS) is 14.5. The number of hydrogen-bond donors (Lipinski definition) is 1. The van der Waals surface area contributed by atoms with Gasteiger partial charge in [0, 0.05) is 49.1 Å². The van der Waals surface area contributed by atoms with Crippen molar-refractivity contribution in [2.45, 2.75) is 71.6 Å². The van der Waals surface area contributed by atoms with E-state index in [0.717, 1.165) is 16.8 Å². The lowest BCUT2D eigenvalue weighted by Gasteiger charge is -2.11. The van der Waals surface area contributed by atoms with Crippen LogP contribution in [0.2, 0.25) is 0 Å². The lowest BCUT2D eigenvalue weighted by molar-refractivity contribution is -0.142. The standard InChI is InChI=1S/C20H27F3N6/c1-12(2)17-10-29(27-19(17)20(21,22)23)9-14(4)18-11-28(26-15(18)5)8-13(3)16-6-24-25-7-16/h6-7,10-14H,8-9H2,1-5H3,(H,24,25). The van der Waals surface area contributed by atoms with Crippen molar-refractivity contribution < 1.29 is 13.2 Å². The molecule has 3 aromatic rings. The first-order chi connectivity index (χ1) is 13.6. The Bertz CT molecular complexity index is 936. The SMILES string of the molecule is Cc1nn(CC(C)c2cn[nH]c2)cc1C(C)Cn1cc(C(C)C)c(C(F)(F)F)n1. The van der Waals surface area contributed by atoms with Crippen LogP contribution in [-0.2, 0) is 19.3 Å². The average Bonchev–Trinajstić information content (AvgIpc) is 3.33. The average molecular weight is 408 g/mol. The molecule has 0 saturated heterocycles. The van der Waals surface area contributed by atoms with Crippen molar-refractivity contribution in [3.8, 4) is 0 Å². The highest BCUT2D eigenvalue weighted by molar-refractivity contribution is 5.24. The summed E-state index contributed by atoms with van der Waals surface area (Å²) in [5, 5.41) is 15.2. The van der Waals surface area contributed by atoms with E-state index in [4.69, 9.17) is 0 Å². The highest BCUT2D eigenvalue weighted by atomic mass is 19.4. The third-order valence-corrected chi connectivity index (χ3v) is 5.21. The third kappa shape index (κ3) is 4.71. The first-order valence-electron chi connectivity index (χ1n) is 9.73. The van der Waals surface area contributed by atoms with Gasteiger partial charge in [0.15, 0.2) is 5.69 Å². The van der Waals surface area contributed by atoms with Gasteiger partial charge >= 0.3 is 6.18 Å². The molecule has 0 radical (unpaired) electrons. The molecule has 29 heavy (non-hydrogen) atoms. The summed E-state index contributed by atoms with van der Waals surface area (Å²) >= 11 is 0. The summed E-state index contributed by atoms with van der Waals surface area (Å²) in [5.74, 6) is -0.0242. The Balaban J connectivity index is 1.76. The Morgan fingerprint density at radius 3 is 2.14 bits per heavy atom. The minimum atomic E-state index is -4.45. The summed E-state index contributed by atoms with van der Waals surface area (Å²) in [7, 11) is 0. The van der Waals surface area contributed by atoms with Gasteiger partial charge in [-0.25, -0.2) is 0 Å². The predicted molar refractivity (Wildman–Crippen MR) is 104 cm³/mol. The second-order valence-corrected chi connectivity index (χ2v) is 8.03. The van der Waals surface area contributed by atoms with Gasteiger partial charge < -0.3 is 0 Å². The second kappa shape index (κ2) is 8.04. The van der Waals surface area contributed by atoms with Crippen molar-refractivity contribution >= 4 is 0 Å². The van der Waals surface area contributed by atoms with Crippen molar-refractivity contribution in [1.29, 1.82) is 0 Å². The lowest BCUT2D eigenvalue weighted by atomic mass is 10.0. The van der Waals surface area contributed by atoms with Gasteiger partial charge in [0.2, 0.25) is 0 Å². The zero-order valence-corrected chi connectivity index (χ0v) is 17.3. The Morgan fingerprint density at radius 1 is 0.966 bits per heavy atom. The molecule has 9 heteroatoms. The molecule has 3 heterocycles. The van der Waals surface area contributed by atoms with Crippen LogP contribution >= 0.6 is 0 Å². The summed E-state index contributed by atoms with van der Waals surface area (Å²) < 4.78 is 43.2. The van der Waals surface area contributed by atoms with Crippen molar-refractivity contribution in [2.75, 3.05) is 0 Å². The van der Waals surface area contributed by atoms with Crippen LogP contribution in [0.3, 0.4) is 0 Å². The molecule has 0 spiro atoms. The van der Waals surface area contributed by atoms with Crippen LogP contribution in [0.4, 0.5) is 13.2 Å². The molecule has 0 aliphatic rings. The maximum atomic E-state index is 13.3. The molecule has 1 N–H and O–H groups in total. The molecule has 0 fully saturated rings. The van der Waals surface area contributed by atoms with Gasteiger partial charge in [-0.15, -0.1) is 0 Å². The third-order valence-electron chi connectivity index (χ3n) is 5.21. The van der Waals surface area contributed by atoms with Gasteiger partial charge in [-0.05, 0) is 24.0 Å². The number of aromatic nitrogens is 6. The molecule has 3 rings (SSSR count). The Labute approximate surface area is 168 Å². The second-order valence-electron chi connectivity index (χ2n) is 8.03. The van der Waals surface area contributed by atoms with Crippen LogP contribution < -0.4 is 0 Å². The first-order valence-corrected chi connectivity index (χ1v) is 9.73. The summed E-state index contributed by atoms with van der Waals surface area (Å²) in [5.41, 5.74) is 2.43. The topological polar surface area (TPSA) is 64.3 Å². The van der Waals surface area contributed by atoms with Crippen LogP contribution in [-0.4, -0.2) is 29.8 Å². The van der Waals surface area contributed by atoms with E-state index in [2.05, 4.69) is 27.3 Å². The van der Waals surface area contributed by atoms with Crippen LogP contribution in [0.5, 0.6) is 0 Å². The van der Waals surface area contributed by atoms with Gasteiger partial charge in [-0.3, -0.25) is 14.5 Å². The molecule has 0 bridgehead atoms. The Morgan fingerprint density at radius 2 is 1.59 bits per heavy atom. The zero-order chi connectivity index (χ0) is 21.3. The predicted octanol–water partition coefficient (Wildman–Crippen LogP) is 4.86. The number of halogens is 3. The van der Waals surface area contributed by atoms with E-state index in [-0.39, 0.29) is 23.3 Å². The van der Waals surface area contributed by atoms with Crippen LogP contribution in [0, 0.1) is 6.92 Å². The maximum absolute atomic E-state index is 13.3. The maximum Gasteiger partial charge on any atom is 0.435 e. The van der Waals surface area contributed by atoms with Crippen molar-refractivity contribution in [2.24, 2.45) is 0 Å². The minimum Gasteiger partial charge on any atom is -0.285 e. The summed E-state index contributed by atoms with van der Waals surface area (Å²) in [6.45, 7) is 10.6. The molecule has 0 aliphatic heterocycles. The van der Waals surface area contributed by atoms with E-state index >= 15 is 0 Å². The van der Waals surface area contributed by atoms with Gasteiger partial charge in [0.05, 0.1) is 11.9 Å². The summed E-state index contributed by atoms with van der Waals surface area (Å²) in [6, 6.07) is 0. The van der Waals surface area contributed by atoms with Gasteiger partial charge in [-0.1, -0.05) is 27.7 Å². The van der Waals surface area contributed by atoms with Gasteiger partial charge in [0.25, 0.3) is 0 Å². The molecule has 0 aliphatic carbocycles. The number of H-pyrrole nitrogens is 1. The zero-order valence-electron chi connectivity index (χ0n) is 17.3. The monoisotopic (exact) mass is 408 g/mol. The Kier molecular flexibility index (Phi) is 5.86. The fourth-order valence-electron chi connectivity index (χ4n) is 3.58. The fraction of sp³-hybridized carbons (Fsp3) is 0.550. The van der Waals surface area contributed by atoms with Crippen molar-refractivity contribution in [3.05, 3.63) is 52.9 Å². The summed E-state index contributed by atoms with van der Waals surface area (Å²) in [6.07, 6.45) is 2.72. The van der Waals surface area contributed by atoms with E-state index < -0.39 is 11.9 Å². The number of nitrogens with one attached hydrogen (secondary N) is 1. The molecule has 0 aromatic carbocycles. The lowest BCUT2D eigenvalue weighted by Crippen LogP contribution is -2.12. The largest absolute Gasteiger partial charge is 0.435 e. The van der Waals surface area contributed by atoms with Gasteiger partial charge in [-0.2, -0.15) is 28.5 Å². The van der Waals surface area contributed by atoms with Crippen LogP contribution in [0.25, 0.3) is 0 Å². The molecule has 6 nitrogen and oxygen atoms in total. The smallest absolute Gasteiger partial charge is 0.285 e. The van der Waals surface area contributed by atoms with Crippen molar-refractivity contribution in [3.63, 3.8) is 0 Å².